The minimum Gasteiger partial charge on any atom is -0.489 e. The van der Waals surface area contributed by atoms with Crippen molar-refractivity contribution in [1.29, 1.82) is 0 Å². The number of hydrogen-bond acceptors (Lipinski definition) is 4. The summed E-state index contributed by atoms with van der Waals surface area (Å²) in [4.78, 5) is 38.4. The lowest BCUT2D eigenvalue weighted by Gasteiger charge is -2.26. The van der Waals surface area contributed by atoms with E-state index in [4.69, 9.17) is 4.74 Å². The molecule has 1 fully saturated rings. The second kappa shape index (κ2) is 8.67. The van der Waals surface area contributed by atoms with Gasteiger partial charge < -0.3 is 4.74 Å². The Morgan fingerprint density at radius 1 is 0.871 bits per heavy atom. The van der Waals surface area contributed by atoms with Crippen LogP contribution in [0.5, 0.6) is 5.75 Å². The first kappa shape index (κ1) is 20.1. The Bertz CT molecular complexity index is 1150. The highest BCUT2D eigenvalue weighted by atomic mass is 16.5. The lowest BCUT2D eigenvalue weighted by atomic mass is 10.1. The Balaban J connectivity index is 1.52. The molecular weight excluding hydrogens is 392 g/mol. The molecule has 0 atom stereocenters. The molecule has 1 saturated heterocycles. The van der Waals surface area contributed by atoms with Gasteiger partial charge in [0, 0.05) is 0 Å². The summed E-state index contributed by atoms with van der Waals surface area (Å²) in [7, 11) is 0. The maximum atomic E-state index is 12.9. The Labute approximate surface area is 179 Å². The van der Waals surface area contributed by atoms with E-state index in [-0.39, 0.29) is 5.57 Å². The normalized spacial score (nSPS) is 15.2. The van der Waals surface area contributed by atoms with Gasteiger partial charge in [-0.1, -0.05) is 60.2 Å². The number of carbonyl (C=O) groups is 3. The molecule has 3 aromatic rings. The molecule has 31 heavy (non-hydrogen) atoms. The van der Waals surface area contributed by atoms with Crippen LogP contribution in [0.4, 0.5) is 10.5 Å². The molecule has 0 aromatic heterocycles. The maximum absolute atomic E-state index is 12.9. The lowest BCUT2D eigenvalue weighted by Crippen LogP contribution is -2.54. The van der Waals surface area contributed by atoms with E-state index >= 15 is 0 Å². The molecule has 0 bridgehead atoms. The molecule has 4 rings (SSSR count). The number of hydrogen-bond donors (Lipinski definition) is 1. The van der Waals surface area contributed by atoms with Gasteiger partial charge >= 0.3 is 6.03 Å². The van der Waals surface area contributed by atoms with Gasteiger partial charge in [0.1, 0.15) is 17.9 Å². The predicted octanol–water partition coefficient (Wildman–Crippen LogP) is 4.24. The molecule has 0 saturated carbocycles. The number of aryl methyl sites for hydroxylation is 1. The van der Waals surface area contributed by atoms with Crippen LogP contribution >= 0.6 is 0 Å². The summed E-state index contributed by atoms with van der Waals surface area (Å²) in [6, 6.07) is 23.0. The first-order valence-electron chi connectivity index (χ1n) is 9.76. The van der Waals surface area contributed by atoms with Crippen LogP contribution in [0.1, 0.15) is 16.7 Å². The Morgan fingerprint density at radius 2 is 1.55 bits per heavy atom. The third-order valence-electron chi connectivity index (χ3n) is 4.83. The Kier molecular flexibility index (Phi) is 5.62. The largest absolute Gasteiger partial charge is 0.489 e. The molecule has 0 aliphatic carbocycles. The van der Waals surface area contributed by atoms with Crippen molar-refractivity contribution < 1.29 is 19.1 Å². The number of rotatable bonds is 5. The highest BCUT2D eigenvalue weighted by Gasteiger charge is 2.36. The number of anilines is 1. The van der Waals surface area contributed by atoms with Crippen molar-refractivity contribution in [2.75, 3.05) is 4.90 Å². The van der Waals surface area contributed by atoms with Crippen molar-refractivity contribution in [2.24, 2.45) is 0 Å². The second-order valence-corrected chi connectivity index (χ2v) is 7.14. The topological polar surface area (TPSA) is 75.7 Å². The highest BCUT2D eigenvalue weighted by molar-refractivity contribution is 6.39. The van der Waals surface area contributed by atoms with Crippen molar-refractivity contribution >= 4 is 29.6 Å². The van der Waals surface area contributed by atoms with E-state index in [2.05, 4.69) is 5.32 Å². The molecule has 0 unspecified atom stereocenters. The summed E-state index contributed by atoms with van der Waals surface area (Å²) in [6.45, 7) is 2.35. The molecule has 0 radical (unpaired) electrons. The van der Waals surface area contributed by atoms with Crippen LogP contribution in [0.2, 0.25) is 0 Å². The van der Waals surface area contributed by atoms with E-state index in [0.29, 0.717) is 23.6 Å². The maximum Gasteiger partial charge on any atom is 0.335 e. The van der Waals surface area contributed by atoms with Crippen molar-refractivity contribution in [1.82, 2.24) is 5.32 Å². The van der Waals surface area contributed by atoms with E-state index in [1.54, 1.807) is 48.5 Å². The number of imide groups is 2. The zero-order chi connectivity index (χ0) is 21.8. The minimum atomic E-state index is -0.763. The Hall–Kier alpha value is -4.19. The van der Waals surface area contributed by atoms with Crippen molar-refractivity contribution in [3.05, 3.63) is 101 Å². The number of benzene rings is 3. The monoisotopic (exact) mass is 412 g/mol. The van der Waals surface area contributed by atoms with Crippen LogP contribution in [-0.4, -0.2) is 17.8 Å². The summed E-state index contributed by atoms with van der Waals surface area (Å²) in [5.74, 6) is -0.716. The SMILES string of the molecule is Cc1ccc(N2C(=O)NC(=O)/C(=C\c3ccc(OCc4ccccc4)cc3)C2=O)cc1. The summed E-state index contributed by atoms with van der Waals surface area (Å²) >= 11 is 0. The van der Waals surface area contributed by atoms with E-state index in [1.807, 2.05) is 37.3 Å². The molecule has 6 nitrogen and oxygen atoms in total. The van der Waals surface area contributed by atoms with E-state index in [9.17, 15) is 14.4 Å². The van der Waals surface area contributed by atoms with Crippen molar-refractivity contribution in [3.63, 3.8) is 0 Å². The quantitative estimate of drug-likeness (QED) is 0.502. The predicted molar refractivity (Wildman–Crippen MR) is 117 cm³/mol. The number of carbonyl (C=O) groups excluding carboxylic acids is 3. The van der Waals surface area contributed by atoms with Gasteiger partial charge in [-0.05, 0) is 48.4 Å². The van der Waals surface area contributed by atoms with Crippen LogP contribution in [0.3, 0.4) is 0 Å². The fraction of sp³-hybridized carbons (Fsp3) is 0.0800. The highest BCUT2D eigenvalue weighted by Crippen LogP contribution is 2.23. The number of nitrogens with one attached hydrogen (secondary N) is 1. The number of ether oxygens (including phenoxy) is 1. The van der Waals surface area contributed by atoms with Gasteiger partial charge in [0.15, 0.2) is 0 Å². The molecule has 1 N–H and O–H groups in total. The molecule has 6 heteroatoms. The van der Waals surface area contributed by atoms with Crippen LogP contribution in [0.25, 0.3) is 6.08 Å². The first-order valence-corrected chi connectivity index (χ1v) is 9.76. The number of urea groups is 1. The zero-order valence-electron chi connectivity index (χ0n) is 16.9. The molecule has 0 spiro atoms. The number of amides is 4. The third kappa shape index (κ3) is 4.53. The molecule has 1 aliphatic rings. The molecule has 1 heterocycles. The van der Waals surface area contributed by atoms with Crippen LogP contribution in [0, 0.1) is 6.92 Å². The van der Waals surface area contributed by atoms with Crippen LogP contribution in [0.15, 0.2) is 84.4 Å². The van der Waals surface area contributed by atoms with Gasteiger partial charge in [0.25, 0.3) is 11.8 Å². The van der Waals surface area contributed by atoms with Gasteiger partial charge in [-0.2, -0.15) is 0 Å². The van der Waals surface area contributed by atoms with E-state index in [0.717, 1.165) is 16.0 Å². The van der Waals surface area contributed by atoms with E-state index < -0.39 is 17.8 Å². The van der Waals surface area contributed by atoms with Gasteiger partial charge in [-0.3, -0.25) is 14.9 Å². The van der Waals surface area contributed by atoms with E-state index in [1.165, 1.54) is 6.08 Å². The van der Waals surface area contributed by atoms with Crippen molar-refractivity contribution in [3.8, 4) is 5.75 Å². The summed E-state index contributed by atoms with van der Waals surface area (Å²) in [6.07, 6.45) is 1.46. The van der Waals surface area contributed by atoms with Gasteiger partial charge in [-0.25, -0.2) is 9.69 Å². The fourth-order valence-corrected chi connectivity index (χ4v) is 3.15. The molecular formula is C25H20N2O4. The minimum absolute atomic E-state index is 0.113. The number of nitrogens with zero attached hydrogens (tertiary/aromatic N) is 1. The molecule has 3 aromatic carbocycles. The Morgan fingerprint density at radius 3 is 2.23 bits per heavy atom. The average Bonchev–Trinajstić information content (AvgIpc) is 2.78. The fourth-order valence-electron chi connectivity index (χ4n) is 3.15. The summed E-state index contributed by atoms with van der Waals surface area (Å²) < 4.78 is 5.76. The average molecular weight is 412 g/mol. The third-order valence-corrected chi connectivity index (χ3v) is 4.83. The van der Waals surface area contributed by atoms with Crippen molar-refractivity contribution in [2.45, 2.75) is 13.5 Å². The lowest BCUT2D eigenvalue weighted by molar-refractivity contribution is -0.122. The van der Waals surface area contributed by atoms with Gasteiger partial charge in [0.2, 0.25) is 0 Å². The number of barbiturate groups is 1. The summed E-state index contributed by atoms with van der Waals surface area (Å²) in [5, 5.41) is 2.23. The summed E-state index contributed by atoms with van der Waals surface area (Å²) in [5.41, 5.74) is 2.98. The smallest absolute Gasteiger partial charge is 0.335 e. The van der Waals surface area contributed by atoms with Gasteiger partial charge in [0.05, 0.1) is 5.69 Å². The molecule has 4 amide bonds. The van der Waals surface area contributed by atoms with Gasteiger partial charge in [-0.15, -0.1) is 0 Å². The zero-order valence-corrected chi connectivity index (χ0v) is 16.9. The van der Waals surface area contributed by atoms with Crippen LogP contribution < -0.4 is 15.0 Å². The molecule has 1 aliphatic heterocycles. The molecule has 154 valence electrons. The van der Waals surface area contributed by atoms with Crippen LogP contribution in [-0.2, 0) is 16.2 Å². The standard InChI is InChI=1S/C25H20N2O4/c1-17-7-11-20(12-8-17)27-24(29)22(23(28)26-25(27)30)15-18-9-13-21(14-10-18)31-16-19-5-3-2-4-6-19/h2-15H,16H2,1H3,(H,26,28,30)/b22-15+. The second-order valence-electron chi connectivity index (χ2n) is 7.14. The first-order chi connectivity index (χ1) is 15.0.